The van der Waals surface area contributed by atoms with Crippen LogP contribution < -0.4 is 0 Å². The monoisotopic (exact) mass is 381 g/mol. The van der Waals surface area contributed by atoms with Gasteiger partial charge in [-0.05, 0) is 24.3 Å². The normalized spacial score (nSPS) is 17.9. The van der Waals surface area contributed by atoms with Crippen molar-refractivity contribution >= 4 is 35.0 Å². The van der Waals surface area contributed by atoms with Crippen molar-refractivity contribution in [2.45, 2.75) is 0 Å². The Balaban J connectivity index is 1.50. The molecule has 0 amide bonds. The number of nitrogens with one attached hydrogen (secondary N) is 1. The van der Waals surface area contributed by atoms with E-state index in [1.54, 1.807) is 12.2 Å². The van der Waals surface area contributed by atoms with Gasteiger partial charge in [-0.3, -0.25) is 15.2 Å². The van der Waals surface area contributed by atoms with Gasteiger partial charge < -0.3 is 0 Å². The van der Waals surface area contributed by atoms with Crippen molar-refractivity contribution in [2.24, 2.45) is 5.92 Å². The van der Waals surface area contributed by atoms with Crippen molar-refractivity contribution in [1.29, 1.82) is 0 Å². The number of hydrogen-bond donors (Lipinski definition) is 1. The standard InChI is InChI=1S/C23H17N4O2/c28-27(29)19-11-9-17-14-26(15-18(17)13-19)23-8-4-1-5-16(23)10-12-22-20-6-2-3-7-21(20)24-25-22/h1-15,17H,(H,24,25)/q+1/b12-10+. The molecule has 1 aliphatic carbocycles. The lowest BCUT2D eigenvalue weighted by atomic mass is 9.97. The average molecular weight is 381 g/mol. The van der Waals surface area contributed by atoms with Crippen molar-refractivity contribution in [3.05, 3.63) is 106 Å². The fourth-order valence-corrected chi connectivity index (χ4v) is 3.67. The Morgan fingerprint density at radius 1 is 1.10 bits per heavy atom. The van der Waals surface area contributed by atoms with Crippen LogP contribution in [0.25, 0.3) is 23.1 Å². The van der Waals surface area contributed by atoms with Gasteiger partial charge >= 0.3 is 0 Å². The summed E-state index contributed by atoms with van der Waals surface area (Å²) in [4.78, 5) is 10.7. The first-order valence-electron chi connectivity index (χ1n) is 9.28. The fraction of sp³-hybridized carbons (Fsp3) is 0.0435. The highest BCUT2D eigenvalue weighted by Gasteiger charge is 2.29. The SMILES string of the molecule is O=[N+]([O-])C1=CC2=C[N+](c3ccccc3/C=C/c3n[nH]c4ccccc34)=CC2C=C1. The molecule has 2 aromatic carbocycles. The molecule has 29 heavy (non-hydrogen) atoms. The van der Waals surface area contributed by atoms with Crippen LogP contribution in [0, 0.1) is 16.0 Å². The van der Waals surface area contributed by atoms with E-state index in [1.807, 2.05) is 77.5 Å². The van der Waals surface area contributed by atoms with E-state index in [4.69, 9.17) is 0 Å². The number of nitrogens with zero attached hydrogens (tertiary/aromatic N) is 3. The highest BCUT2D eigenvalue weighted by molar-refractivity contribution is 5.90. The second-order valence-corrected chi connectivity index (χ2v) is 6.94. The highest BCUT2D eigenvalue weighted by atomic mass is 16.6. The van der Waals surface area contributed by atoms with Crippen LogP contribution in [0.15, 0.2) is 84.2 Å². The van der Waals surface area contributed by atoms with Crippen LogP contribution in [0.5, 0.6) is 0 Å². The lowest BCUT2D eigenvalue weighted by Gasteiger charge is -2.03. The number of rotatable bonds is 4. The first-order chi connectivity index (χ1) is 14.2. The molecule has 0 spiro atoms. The first-order valence-corrected chi connectivity index (χ1v) is 9.28. The average Bonchev–Trinajstić information content (AvgIpc) is 3.36. The summed E-state index contributed by atoms with van der Waals surface area (Å²) in [5, 5.41) is 19.6. The molecule has 3 aromatic rings. The number of aromatic amines is 1. The van der Waals surface area contributed by atoms with Gasteiger partial charge in [0.15, 0.2) is 12.4 Å². The summed E-state index contributed by atoms with van der Waals surface area (Å²) < 4.78 is 2.03. The summed E-state index contributed by atoms with van der Waals surface area (Å²) in [5.74, 6) is 0.0472. The van der Waals surface area contributed by atoms with E-state index in [2.05, 4.69) is 16.4 Å². The zero-order chi connectivity index (χ0) is 19.8. The van der Waals surface area contributed by atoms with Gasteiger partial charge in [0.2, 0.25) is 5.69 Å². The maximum atomic E-state index is 11.1. The van der Waals surface area contributed by atoms with Gasteiger partial charge in [-0.2, -0.15) is 9.67 Å². The highest BCUT2D eigenvalue weighted by Crippen LogP contribution is 2.30. The Morgan fingerprint density at radius 2 is 1.93 bits per heavy atom. The van der Waals surface area contributed by atoms with Gasteiger partial charge in [-0.15, -0.1) is 0 Å². The molecular weight excluding hydrogens is 364 g/mol. The molecular formula is C23H17N4O2+. The molecule has 5 rings (SSSR count). The number of allylic oxidation sites excluding steroid dienone is 4. The molecule has 1 N–H and O–H groups in total. The molecule has 1 aromatic heterocycles. The zero-order valence-electron chi connectivity index (χ0n) is 15.4. The van der Waals surface area contributed by atoms with Gasteiger partial charge in [0.1, 0.15) is 0 Å². The minimum absolute atomic E-state index is 0.0472. The van der Waals surface area contributed by atoms with E-state index >= 15 is 0 Å². The van der Waals surface area contributed by atoms with Gasteiger partial charge in [0.05, 0.1) is 22.1 Å². The Kier molecular flexibility index (Phi) is 4.02. The Hall–Kier alpha value is -4.06. The van der Waals surface area contributed by atoms with Crippen molar-refractivity contribution in [3.8, 4) is 0 Å². The van der Waals surface area contributed by atoms with E-state index in [0.29, 0.717) is 0 Å². The predicted molar refractivity (Wildman–Crippen MR) is 113 cm³/mol. The number of H-pyrrole nitrogens is 1. The number of fused-ring (bicyclic) bond motifs is 2. The molecule has 0 fully saturated rings. The number of para-hydroxylation sites is 2. The summed E-state index contributed by atoms with van der Waals surface area (Å²) in [5.41, 5.74) is 4.96. The third-order valence-electron chi connectivity index (χ3n) is 5.13. The predicted octanol–water partition coefficient (Wildman–Crippen LogP) is 4.69. The van der Waals surface area contributed by atoms with E-state index in [-0.39, 0.29) is 16.5 Å². The zero-order valence-corrected chi connectivity index (χ0v) is 15.4. The van der Waals surface area contributed by atoms with Crippen LogP contribution >= 0.6 is 0 Å². The molecule has 2 heterocycles. The maximum absolute atomic E-state index is 11.1. The van der Waals surface area contributed by atoms with Gasteiger partial charge in [0.25, 0.3) is 5.70 Å². The quantitative estimate of drug-likeness (QED) is 0.405. The molecule has 1 atom stereocenters. The van der Waals surface area contributed by atoms with E-state index in [0.717, 1.165) is 33.4 Å². The number of nitro groups is 1. The van der Waals surface area contributed by atoms with E-state index < -0.39 is 0 Å². The molecule has 140 valence electrons. The number of aromatic nitrogens is 2. The summed E-state index contributed by atoms with van der Waals surface area (Å²) in [7, 11) is 0. The minimum atomic E-state index is -0.360. The number of hydrogen-bond acceptors (Lipinski definition) is 3. The van der Waals surface area contributed by atoms with Gasteiger partial charge in [-0.25, -0.2) is 0 Å². The molecule has 6 heteroatoms. The largest absolute Gasteiger partial charge is 0.277 e. The van der Waals surface area contributed by atoms with Crippen molar-refractivity contribution < 1.29 is 9.50 Å². The van der Waals surface area contributed by atoms with Gasteiger partial charge in [-0.1, -0.05) is 36.4 Å². The smallest absolute Gasteiger partial charge is 0.269 e. The molecule has 0 saturated heterocycles. The minimum Gasteiger partial charge on any atom is -0.277 e. The van der Waals surface area contributed by atoms with Crippen LogP contribution in [0.1, 0.15) is 11.3 Å². The molecule has 0 bridgehead atoms. The van der Waals surface area contributed by atoms with E-state index in [9.17, 15) is 10.1 Å². The van der Waals surface area contributed by atoms with Crippen LogP contribution in [-0.2, 0) is 0 Å². The van der Waals surface area contributed by atoms with Crippen molar-refractivity contribution in [1.82, 2.24) is 10.2 Å². The Labute approximate surface area is 166 Å². The van der Waals surface area contributed by atoms with E-state index in [1.165, 1.54) is 0 Å². The third-order valence-corrected chi connectivity index (χ3v) is 5.13. The molecule has 6 nitrogen and oxygen atoms in total. The molecule has 1 aliphatic heterocycles. The van der Waals surface area contributed by atoms with Crippen LogP contribution in [-0.4, -0.2) is 25.9 Å². The number of benzene rings is 2. The second kappa shape index (κ2) is 6.83. The fourth-order valence-electron chi connectivity index (χ4n) is 3.67. The van der Waals surface area contributed by atoms with Crippen molar-refractivity contribution in [3.63, 3.8) is 0 Å². The van der Waals surface area contributed by atoms with Crippen LogP contribution in [0.3, 0.4) is 0 Å². The summed E-state index contributed by atoms with van der Waals surface area (Å²) >= 11 is 0. The van der Waals surface area contributed by atoms with Gasteiger partial charge in [0, 0.05) is 34.7 Å². The summed E-state index contributed by atoms with van der Waals surface area (Å²) in [6.45, 7) is 0. The van der Waals surface area contributed by atoms with Crippen molar-refractivity contribution in [2.75, 3.05) is 0 Å². The first kappa shape index (κ1) is 17.1. The Bertz CT molecular complexity index is 1290. The maximum Gasteiger partial charge on any atom is 0.269 e. The lowest BCUT2D eigenvalue weighted by Crippen LogP contribution is -2.07. The topological polar surface area (TPSA) is 74.8 Å². The van der Waals surface area contributed by atoms with Crippen LogP contribution in [0.4, 0.5) is 5.69 Å². The molecule has 0 radical (unpaired) electrons. The lowest BCUT2D eigenvalue weighted by molar-refractivity contribution is -0.419. The summed E-state index contributed by atoms with van der Waals surface area (Å²) in [6.07, 6.45) is 13.1. The molecule has 2 aliphatic rings. The third kappa shape index (κ3) is 3.10. The Morgan fingerprint density at radius 3 is 2.83 bits per heavy atom. The molecule has 1 unspecified atom stereocenters. The summed E-state index contributed by atoms with van der Waals surface area (Å²) in [6, 6.07) is 16.1. The van der Waals surface area contributed by atoms with Crippen LogP contribution in [0.2, 0.25) is 0 Å². The molecule has 0 saturated carbocycles. The second-order valence-electron chi connectivity index (χ2n) is 6.94.